The maximum absolute atomic E-state index is 12.8. The van der Waals surface area contributed by atoms with E-state index in [0.29, 0.717) is 0 Å². The van der Waals surface area contributed by atoms with Gasteiger partial charge in [0.05, 0.1) is 51.5 Å². The minimum absolute atomic E-state index is 0.0217. The number of benzene rings is 4. The molecule has 4 aromatic carbocycles. The summed E-state index contributed by atoms with van der Waals surface area (Å²) < 4.78 is 76.3. The van der Waals surface area contributed by atoms with Crippen LogP contribution in [0.2, 0.25) is 0 Å². The van der Waals surface area contributed by atoms with Crippen molar-refractivity contribution in [2.75, 3.05) is 21.3 Å². The number of carbonyl (C=O) groups excluding carboxylic acids is 2. The highest BCUT2D eigenvalue weighted by atomic mass is 19.4. The number of halogens is 6. The standard InChI is InChI=1S/2C15H10F3N3O2/c16-15(17,18)10-2-1-3-11(7-10)20-14(23)21-12-5-4-9(8-19)6-13(12)22;16-15(17,18)10-3-1-2-4-11(10)20-14(23)21-12-6-5-9(8-19)7-13(12)22/h2*1-7,22H,(H2,20,21,23). The first-order chi connectivity index (χ1) is 21.6. The molecule has 0 aromatic heterocycles. The molecular formula is C30H20F6N6O4. The molecule has 0 aliphatic carbocycles. The summed E-state index contributed by atoms with van der Waals surface area (Å²) in [6.07, 6.45) is -9.12. The minimum Gasteiger partial charge on any atom is -0.506 e. The Morgan fingerprint density at radius 3 is 1.57 bits per heavy atom. The minimum atomic E-state index is -4.61. The van der Waals surface area contributed by atoms with E-state index in [1.54, 1.807) is 6.07 Å². The molecule has 46 heavy (non-hydrogen) atoms. The topological polar surface area (TPSA) is 170 Å². The van der Waals surface area contributed by atoms with Gasteiger partial charge < -0.3 is 31.5 Å². The zero-order chi connectivity index (χ0) is 34.1. The van der Waals surface area contributed by atoms with E-state index in [1.165, 1.54) is 42.5 Å². The number of rotatable bonds is 4. The molecule has 0 bridgehead atoms. The van der Waals surface area contributed by atoms with E-state index in [2.05, 4.69) is 21.3 Å². The normalized spacial score (nSPS) is 10.7. The molecule has 4 aromatic rings. The summed E-state index contributed by atoms with van der Waals surface area (Å²) in [5.41, 5.74) is -1.98. The van der Waals surface area contributed by atoms with E-state index < -0.39 is 41.2 Å². The Morgan fingerprint density at radius 1 is 0.587 bits per heavy atom. The largest absolute Gasteiger partial charge is 0.506 e. The van der Waals surface area contributed by atoms with Gasteiger partial charge in [-0.2, -0.15) is 36.9 Å². The Balaban J connectivity index is 0.000000250. The second-order valence-corrected chi connectivity index (χ2v) is 8.97. The van der Waals surface area contributed by atoms with Crippen LogP contribution in [0.4, 0.5) is 58.7 Å². The summed E-state index contributed by atoms with van der Waals surface area (Å²) >= 11 is 0. The molecule has 4 rings (SSSR count). The van der Waals surface area contributed by atoms with Gasteiger partial charge in [0.15, 0.2) is 0 Å². The van der Waals surface area contributed by atoms with Crippen molar-refractivity contribution in [3.63, 3.8) is 0 Å². The lowest BCUT2D eigenvalue weighted by atomic mass is 10.1. The van der Waals surface area contributed by atoms with Gasteiger partial charge in [-0.05, 0) is 66.7 Å². The van der Waals surface area contributed by atoms with Gasteiger partial charge in [0.25, 0.3) is 0 Å². The zero-order valence-electron chi connectivity index (χ0n) is 23.0. The number of nitrogens with zero attached hydrogens (tertiary/aromatic N) is 2. The van der Waals surface area contributed by atoms with E-state index in [1.807, 2.05) is 6.07 Å². The van der Waals surface area contributed by atoms with Gasteiger partial charge in [-0.1, -0.05) is 18.2 Å². The number of para-hydroxylation sites is 1. The van der Waals surface area contributed by atoms with Gasteiger partial charge in [0.2, 0.25) is 0 Å². The second kappa shape index (κ2) is 14.4. The highest BCUT2D eigenvalue weighted by Crippen LogP contribution is 2.35. The van der Waals surface area contributed by atoms with Gasteiger partial charge in [-0.15, -0.1) is 0 Å². The van der Waals surface area contributed by atoms with Crippen molar-refractivity contribution in [3.8, 4) is 23.6 Å². The van der Waals surface area contributed by atoms with Crippen LogP contribution in [0.1, 0.15) is 22.3 Å². The number of nitriles is 2. The first-order valence-corrected chi connectivity index (χ1v) is 12.6. The summed E-state index contributed by atoms with van der Waals surface area (Å²) in [7, 11) is 0. The van der Waals surface area contributed by atoms with Crippen molar-refractivity contribution in [1.82, 2.24) is 0 Å². The Hall–Kier alpha value is -6.42. The Labute approximate surface area is 256 Å². The number of hydrogen-bond donors (Lipinski definition) is 6. The second-order valence-electron chi connectivity index (χ2n) is 8.97. The number of nitrogens with one attached hydrogen (secondary N) is 4. The molecule has 0 aliphatic rings. The van der Waals surface area contributed by atoms with Crippen molar-refractivity contribution in [2.24, 2.45) is 0 Å². The van der Waals surface area contributed by atoms with Gasteiger partial charge >= 0.3 is 24.4 Å². The monoisotopic (exact) mass is 642 g/mol. The summed E-state index contributed by atoms with van der Waals surface area (Å²) in [6, 6.07) is 18.0. The molecule has 10 nitrogen and oxygen atoms in total. The first kappa shape index (κ1) is 34.1. The number of aromatic hydroxyl groups is 2. The van der Waals surface area contributed by atoms with Crippen LogP contribution < -0.4 is 21.3 Å². The molecule has 0 radical (unpaired) electrons. The molecule has 16 heteroatoms. The smallest absolute Gasteiger partial charge is 0.418 e. The summed E-state index contributed by atoms with van der Waals surface area (Å²) in [6.45, 7) is 0. The molecule has 0 spiro atoms. The fraction of sp³-hybridized carbons (Fsp3) is 0.0667. The fourth-order valence-electron chi connectivity index (χ4n) is 3.59. The number of amides is 4. The Bertz CT molecular complexity index is 1830. The first-order valence-electron chi connectivity index (χ1n) is 12.6. The van der Waals surface area contributed by atoms with Crippen LogP contribution in [0.3, 0.4) is 0 Å². The van der Waals surface area contributed by atoms with Crippen molar-refractivity contribution in [3.05, 3.63) is 107 Å². The Morgan fingerprint density at radius 2 is 1.09 bits per heavy atom. The van der Waals surface area contributed by atoms with Crippen molar-refractivity contribution < 1.29 is 46.1 Å². The van der Waals surface area contributed by atoms with Crippen molar-refractivity contribution in [1.29, 1.82) is 10.5 Å². The lowest BCUT2D eigenvalue weighted by Gasteiger charge is -2.14. The number of carbonyl (C=O) groups is 2. The molecule has 0 aliphatic heterocycles. The quantitative estimate of drug-likeness (QED) is 0.0978. The molecule has 0 saturated heterocycles. The Kier molecular flexibility index (Phi) is 10.6. The van der Waals surface area contributed by atoms with E-state index in [9.17, 15) is 46.1 Å². The van der Waals surface area contributed by atoms with Gasteiger partial charge in [-0.3, -0.25) is 0 Å². The van der Waals surface area contributed by atoms with Crippen molar-refractivity contribution in [2.45, 2.75) is 12.4 Å². The number of hydrogen-bond acceptors (Lipinski definition) is 6. The molecule has 236 valence electrons. The SMILES string of the molecule is N#Cc1ccc(NC(=O)Nc2cccc(C(F)(F)F)c2)c(O)c1.N#Cc1ccc(NC(=O)Nc2ccccc2C(F)(F)F)c(O)c1. The van der Waals surface area contributed by atoms with Gasteiger partial charge in [-0.25, -0.2) is 9.59 Å². The predicted molar refractivity (Wildman–Crippen MR) is 154 cm³/mol. The third kappa shape index (κ3) is 9.55. The molecule has 0 saturated carbocycles. The number of alkyl halides is 6. The average molecular weight is 643 g/mol. The lowest BCUT2D eigenvalue weighted by molar-refractivity contribution is -0.138. The third-order valence-electron chi connectivity index (χ3n) is 5.68. The van der Waals surface area contributed by atoms with Crippen LogP contribution in [0.15, 0.2) is 84.9 Å². The van der Waals surface area contributed by atoms with E-state index >= 15 is 0 Å². The highest BCUT2D eigenvalue weighted by Gasteiger charge is 2.33. The average Bonchev–Trinajstić information content (AvgIpc) is 2.99. The number of phenolic OH excluding ortho intramolecular Hbond substituents is 2. The van der Waals surface area contributed by atoms with Crippen LogP contribution in [0.25, 0.3) is 0 Å². The van der Waals surface area contributed by atoms with Crippen LogP contribution >= 0.6 is 0 Å². The molecule has 0 fully saturated rings. The van der Waals surface area contributed by atoms with E-state index in [4.69, 9.17) is 10.5 Å². The van der Waals surface area contributed by atoms with Crippen molar-refractivity contribution >= 4 is 34.8 Å². The maximum atomic E-state index is 12.8. The molecular weight excluding hydrogens is 622 g/mol. The lowest BCUT2D eigenvalue weighted by Crippen LogP contribution is -2.21. The number of urea groups is 2. The van der Waals surface area contributed by atoms with Gasteiger partial charge in [0.1, 0.15) is 11.5 Å². The fourth-order valence-corrected chi connectivity index (χ4v) is 3.59. The number of phenols is 2. The van der Waals surface area contributed by atoms with E-state index in [-0.39, 0.29) is 39.7 Å². The third-order valence-corrected chi connectivity index (χ3v) is 5.68. The molecule has 0 heterocycles. The zero-order valence-corrected chi connectivity index (χ0v) is 23.0. The van der Waals surface area contributed by atoms with Crippen LogP contribution in [-0.2, 0) is 12.4 Å². The van der Waals surface area contributed by atoms with Crippen LogP contribution in [-0.4, -0.2) is 22.3 Å². The van der Waals surface area contributed by atoms with Gasteiger partial charge in [0, 0.05) is 5.69 Å². The molecule has 6 N–H and O–H groups in total. The van der Waals surface area contributed by atoms with Crippen LogP contribution in [0, 0.1) is 22.7 Å². The molecule has 0 unspecified atom stereocenters. The number of anilines is 4. The summed E-state index contributed by atoms with van der Waals surface area (Å²) in [4.78, 5) is 23.6. The van der Waals surface area contributed by atoms with Crippen LogP contribution in [0.5, 0.6) is 11.5 Å². The van der Waals surface area contributed by atoms with E-state index in [0.717, 1.165) is 42.5 Å². The molecule has 4 amide bonds. The highest BCUT2D eigenvalue weighted by molar-refractivity contribution is 6.01. The predicted octanol–water partition coefficient (Wildman–Crippen LogP) is 7.85. The summed E-state index contributed by atoms with van der Waals surface area (Å²) in [5, 5.41) is 45.4. The molecule has 0 atom stereocenters. The summed E-state index contributed by atoms with van der Waals surface area (Å²) in [5.74, 6) is -0.702. The maximum Gasteiger partial charge on any atom is 0.418 e.